The van der Waals surface area contributed by atoms with E-state index in [0.717, 1.165) is 30.6 Å². The van der Waals surface area contributed by atoms with Gasteiger partial charge in [-0.2, -0.15) is 0 Å². The molecule has 2 aliphatic rings. The summed E-state index contributed by atoms with van der Waals surface area (Å²) in [5.74, 6) is -0.659. The number of fused-ring (bicyclic) bond motifs is 1. The van der Waals surface area contributed by atoms with Crippen LogP contribution in [0.2, 0.25) is 0 Å². The number of nitrogens with zero attached hydrogens (tertiary/aromatic N) is 1. The smallest absolute Gasteiger partial charge is 0.408 e. The minimum atomic E-state index is -1.22. The van der Waals surface area contributed by atoms with E-state index in [9.17, 15) is 24.3 Å². The number of alkyl carbamates (subject to hydrolysis) is 1. The van der Waals surface area contributed by atoms with Crippen LogP contribution in [-0.4, -0.2) is 88.1 Å². The number of carboxylic acid groups (broad SMARTS) is 1. The van der Waals surface area contributed by atoms with Gasteiger partial charge in [-0.25, -0.2) is 4.79 Å². The summed E-state index contributed by atoms with van der Waals surface area (Å²) in [5.41, 5.74) is 0.245. The zero-order valence-electron chi connectivity index (χ0n) is 27.7. The van der Waals surface area contributed by atoms with Crippen molar-refractivity contribution in [3.63, 3.8) is 0 Å². The van der Waals surface area contributed by atoms with Crippen LogP contribution in [0, 0.1) is 18.8 Å². The number of phenolic OH excluding ortho intramolecular Hbond substituents is 1. The van der Waals surface area contributed by atoms with Crippen molar-refractivity contribution < 1.29 is 34.1 Å². The number of hydrogen-bond donors (Lipinski definition) is 5. The summed E-state index contributed by atoms with van der Waals surface area (Å²) in [4.78, 5) is 54.7. The summed E-state index contributed by atoms with van der Waals surface area (Å²) in [6.07, 6.45) is 3.20. The van der Waals surface area contributed by atoms with Crippen LogP contribution in [0.15, 0.2) is 53.4 Å². The second-order valence-electron chi connectivity index (χ2n) is 13.6. The van der Waals surface area contributed by atoms with Crippen molar-refractivity contribution in [3.8, 4) is 5.75 Å². The average molecular weight is 669 g/mol. The second kappa shape index (κ2) is 16.4. The van der Waals surface area contributed by atoms with E-state index in [2.05, 4.69) is 20.9 Å². The van der Waals surface area contributed by atoms with Gasteiger partial charge in [0.15, 0.2) is 0 Å². The first-order valence-electron chi connectivity index (χ1n) is 16.3. The zero-order chi connectivity index (χ0) is 34.1. The molecule has 1 heterocycles. The first-order chi connectivity index (χ1) is 22.3. The highest BCUT2D eigenvalue weighted by Crippen LogP contribution is 2.39. The molecule has 5 N–H and O–H groups in total. The third-order valence-corrected chi connectivity index (χ3v) is 9.98. The van der Waals surface area contributed by atoms with E-state index in [4.69, 9.17) is 9.84 Å². The van der Waals surface area contributed by atoms with Crippen molar-refractivity contribution >= 4 is 35.6 Å². The van der Waals surface area contributed by atoms with E-state index in [-0.39, 0.29) is 23.8 Å². The lowest BCUT2D eigenvalue weighted by Gasteiger charge is -2.47. The van der Waals surface area contributed by atoms with Gasteiger partial charge < -0.3 is 30.9 Å². The van der Waals surface area contributed by atoms with Crippen LogP contribution in [0.4, 0.5) is 4.79 Å². The Morgan fingerprint density at radius 3 is 2.40 bits per heavy atom. The van der Waals surface area contributed by atoms with E-state index < -0.39 is 48.2 Å². The quantitative estimate of drug-likeness (QED) is 0.205. The number of phenols is 1. The minimum absolute atomic E-state index is 0.0169. The number of carboxylic acids is 1. The Labute approximate surface area is 281 Å². The summed E-state index contributed by atoms with van der Waals surface area (Å²) in [6.45, 7) is 7.63. The van der Waals surface area contributed by atoms with Crippen molar-refractivity contribution in [2.24, 2.45) is 11.8 Å². The number of thioether (sulfide) groups is 1. The lowest BCUT2D eigenvalue weighted by atomic mass is 9.72. The molecule has 0 unspecified atom stereocenters. The van der Waals surface area contributed by atoms with Gasteiger partial charge >= 0.3 is 12.1 Å². The molecule has 0 spiro atoms. The Morgan fingerprint density at radius 2 is 1.72 bits per heavy atom. The van der Waals surface area contributed by atoms with Crippen LogP contribution in [0.25, 0.3) is 0 Å². The van der Waals surface area contributed by atoms with E-state index in [1.165, 1.54) is 17.8 Å². The van der Waals surface area contributed by atoms with Gasteiger partial charge in [-0.3, -0.25) is 19.3 Å². The SMILES string of the molecule is Cc1c(O)cccc1C(=O)N[C@@H](CSc1ccccc1)[C@@H](CN1C[C@H]2CCCC[C@H]2C[C@H]1C(=O)NC(C)(C)C)OC(=O)NCC(=O)O. The number of carbonyl (C=O) groups excluding carboxylic acids is 3. The van der Waals surface area contributed by atoms with Gasteiger partial charge in [0.25, 0.3) is 5.91 Å². The van der Waals surface area contributed by atoms with Gasteiger partial charge in [-0.15, -0.1) is 11.8 Å². The van der Waals surface area contributed by atoms with Gasteiger partial charge in [0.05, 0.1) is 12.1 Å². The molecule has 1 aliphatic carbocycles. The normalized spacial score (nSPS) is 21.1. The number of amides is 3. The van der Waals surface area contributed by atoms with Crippen molar-refractivity contribution in [1.29, 1.82) is 0 Å². The van der Waals surface area contributed by atoms with Crippen LogP contribution in [0.1, 0.15) is 68.8 Å². The Bertz CT molecular complexity index is 1400. The number of benzene rings is 2. The van der Waals surface area contributed by atoms with Gasteiger partial charge in [-0.05, 0) is 76.6 Å². The number of carbonyl (C=O) groups is 4. The molecule has 256 valence electrons. The number of ether oxygens (including phenoxy) is 1. The van der Waals surface area contributed by atoms with Crippen LogP contribution < -0.4 is 16.0 Å². The fraction of sp³-hybridized carbons (Fsp3) is 0.543. The highest BCUT2D eigenvalue weighted by molar-refractivity contribution is 7.99. The topological polar surface area (TPSA) is 157 Å². The van der Waals surface area contributed by atoms with Gasteiger partial charge in [0.2, 0.25) is 5.91 Å². The molecule has 3 amide bonds. The second-order valence-corrected chi connectivity index (χ2v) is 14.7. The summed E-state index contributed by atoms with van der Waals surface area (Å²) < 4.78 is 5.95. The standard InChI is InChI=1S/C35H48N4O7S/c1-22-26(15-10-16-29(22)40)32(43)37-27(21-47-25-13-6-5-7-14-25)30(46-34(45)36-18-31(41)42)20-39-19-24-12-9-8-11-23(24)17-28(39)33(44)38-35(2,3)4/h5-7,10,13-16,23-24,27-28,30,40H,8-9,11-12,17-21H2,1-4H3,(H,36,45)(H,37,43)(H,38,44)(H,41,42)/t23-,24+,27-,28-,30+/m0/s1. The first-order valence-corrected chi connectivity index (χ1v) is 17.3. The molecule has 0 aromatic heterocycles. The molecule has 0 bridgehead atoms. The lowest BCUT2D eigenvalue weighted by molar-refractivity contribution is -0.136. The number of hydrogen-bond acceptors (Lipinski definition) is 8. The molecule has 1 aliphatic heterocycles. The summed E-state index contributed by atoms with van der Waals surface area (Å²) in [5, 5.41) is 27.9. The van der Waals surface area contributed by atoms with Gasteiger partial charge in [0, 0.05) is 40.4 Å². The predicted molar refractivity (Wildman–Crippen MR) is 180 cm³/mol. The van der Waals surface area contributed by atoms with Crippen LogP contribution in [0.5, 0.6) is 5.75 Å². The van der Waals surface area contributed by atoms with Crippen molar-refractivity contribution in [2.45, 2.75) is 88.4 Å². The monoisotopic (exact) mass is 668 g/mol. The molecule has 5 atom stereocenters. The van der Waals surface area contributed by atoms with E-state index >= 15 is 0 Å². The van der Waals surface area contributed by atoms with Gasteiger partial charge in [0.1, 0.15) is 18.4 Å². The third-order valence-electron chi connectivity index (χ3n) is 8.85. The number of aromatic hydroxyl groups is 1. The summed E-state index contributed by atoms with van der Waals surface area (Å²) in [6, 6.07) is 13.1. The van der Waals surface area contributed by atoms with Crippen molar-refractivity contribution in [2.75, 3.05) is 25.4 Å². The van der Waals surface area contributed by atoms with E-state index in [1.54, 1.807) is 19.1 Å². The fourth-order valence-corrected chi connectivity index (χ4v) is 7.51. The number of likely N-dealkylation sites (tertiary alicyclic amines) is 1. The number of piperidine rings is 1. The van der Waals surface area contributed by atoms with Gasteiger partial charge in [-0.1, -0.05) is 43.5 Å². The first kappa shape index (κ1) is 36.1. The van der Waals surface area contributed by atoms with E-state index in [0.29, 0.717) is 36.1 Å². The molecular formula is C35H48N4O7S. The molecule has 11 nitrogen and oxygen atoms in total. The molecule has 0 radical (unpaired) electrons. The Morgan fingerprint density at radius 1 is 1.02 bits per heavy atom. The predicted octanol–water partition coefficient (Wildman–Crippen LogP) is 4.57. The Hall–Kier alpha value is -3.77. The largest absolute Gasteiger partial charge is 0.508 e. The molecule has 4 rings (SSSR count). The van der Waals surface area contributed by atoms with Crippen LogP contribution in [0.3, 0.4) is 0 Å². The molecule has 2 aromatic rings. The number of rotatable bonds is 12. The minimum Gasteiger partial charge on any atom is -0.508 e. The highest BCUT2D eigenvalue weighted by Gasteiger charge is 2.43. The number of aliphatic carboxylic acids is 1. The number of nitrogens with one attached hydrogen (secondary N) is 3. The van der Waals surface area contributed by atoms with Crippen LogP contribution >= 0.6 is 11.8 Å². The average Bonchev–Trinajstić information content (AvgIpc) is 3.02. The molecular weight excluding hydrogens is 620 g/mol. The Kier molecular flexibility index (Phi) is 12.6. The molecule has 1 saturated heterocycles. The Balaban J connectivity index is 1.68. The molecule has 2 aromatic carbocycles. The maximum atomic E-state index is 13.8. The summed E-state index contributed by atoms with van der Waals surface area (Å²) in [7, 11) is 0. The summed E-state index contributed by atoms with van der Waals surface area (Å²) >= 11 is 1.47. The molecule has 47 heavy (non-hydrogen) atoms. The molecule has 12 heteroatoms. The zero-order valence-corrected chi connectivity index (χ0v) is 28.5. The maximum absolute atomic E-state index is 13.8. The van der Waals surface area contributed by atoms with Crippen molar-refractivity contribution in [3.05, 3.63) is 59.7 Å². The molecule has 1 saturated carbocycles. The van der Waals surface area contributed by atoms with Crippen molar-refractivity contribution in [1.82, 2.24) is 20.9 Å². The maximum Gasteiger partial charge on any atom is 0.408 e. The highest BCUT2D eigenvalue weighted by atomic mass is 32.2. The third kappa shape index (κ3) is 10.6. The van der Waals surface area contributed by atoms with Crippen LogP contribution in [-0.2, 0) is 14.3 Å². The lowest BCUT2D eigenvalue weighted by Crippen LogP contribution is -2.61. The van der Waals surface area contributed by atoms with E-state index in [1.807, 2.05) is 51.1 Å². The molecule has 2 fully saturated rings. The fourth-order valence-electron chi connectivity index (χ4n) is 6.49.